The fourth-order valence-electron chi connectivity index (χ4n) is 14.2. The highest BCUT2D eigenvalue weighted by atomic mass is 32.2. The zero-order chi connectivity index (χ0) is 49.2. The molecule has 3 aliphatic carbocycles. The number of aliphatic hydroxyl groups excluding tert-OH is 2. The molecule has 7 fully saturated rings. The number of carbonyl (C=O) groups is 2. The van der Waals surface area contributed by atoms with Crippen LogP contribution in [0, 0.1) is 35.5 Å². The average molecular weight is 1010 g/mol. The van der Waals surface area contributed by atoms with Crippen LogP contribution in [0.25, 0.3) is 0 Å². The summed E-state index contributed by atoms with van der Waals surface area (Å²) in [5.74, 6) is -0.141. The number of thioether (sulfide) groups is 1. The summed E-state index contributed by atoms with van der Waals surface area (Å²) < 4.78 is 57.7. The fraction of sp³-hybridized carbons (Fsp3) is 0.824. The molecule has 1 saturated carbocycles. The van der Waals surface area contributed by atoms with E-state index in [0.29, 0.717) is 69.8 Å². The van der Waals surface area contributed by atoms with Crippen LogP contribution in [-0.4, -0.2) is 186 Å². The van der Waals surface area contributed by atoms with Crippen LogP contribution in [0.1, 0.15) is 90.9 Å². The van der Waals surface area contributed by atoms with Gasteiger partial charge in [0.15, 0.2) is 0 Å². The molecule has 6 saturated heterocycles. The first-order chi connectivity index (χ1) is 34.4. The van der Waals surface area contributed by atoms with E-state index in [1.165, 1.54) is 32.6 Å². The van der Waals surface area contributed by atoms with E-state index >= 15 is 8.78 Å². The van der Waals surface area contributed by atoms with Gasteiger partial charge < -0.3 is 44.7 Å². The van der Waals surface area contributed by atoms with Gasteiger partial charge in [0.25, 0.3) is 0 Å². The molecule has 11 aliphatic rings. The molecule has 6 N–H and O–H groups in total. The molecule has 0 aromatic heterocycles. The van der Waals surface area contributed by atoms with Gasteiger partial charge in [-0.2, -0.15) is 0 Å². The van der Waals surface area contributed by atoms with Crippen molar-refractivity contribution in [2.45, 2.75) is 176 Å². The maximum Gasteiger partial charge on any atom is 0.407 e. The molecular formula is C51H77F2N9O8S. The van der Waals surface area contributed by atoms with Gasteiger partial charge in [0.1, 0.15) is 30.3 Å². The van der Waals surface area contributed by atoms with Crippen LogP contribution >= 0.6 is 11.8 Å². The Morgan fingerprint density at radius 2 is 1.83 bits per heavy atom. The standard InChI is InChI=1S/C51H77F2N9O8S/c1-26(2)43(56-50(65)67-3)47(63)59-17-5-7-36(59)46-54-24-33(55-46)30-22-32(52)41-37(23-30)70-49(39-14-13-38(71-39)27-9-10-27)62-35-12-11-29(21-31(35)42(53)45(41)62)34-25-61(58-34)40-8-6-18-60(40)48(64)44(57-51(66)68-4)28-15-19-69-20-16-28/h11,14,22,26-28,30-31,33-38,40-45,47,49,51,57-58,63,66H,5-10,12-13,15-21,23-25H2,1-4H3,(H,54,55)(H,56,65)/t30-,31-,33?,34?,35?,36+,37?,38?,40-,41+,42?,43+,44+,45?,47+,49?,51-/m1/s1. The number of hydrogen-bond donors (Lipinski definition) is 6. The lowest BCUT2D eigenvalue weighted by Gasteiger charge is -2.51. The van der Waals surface area contributed by atoms with Crippen LogP contribution in [-0.2, 0) is 23.7 Å². The number of amides is 2. The lowest BCUT2D eigenvalue weighted by Crippen LogP contribution is -2.69. The van der Waals surface area contributed by atoms with E-state index in [-0.39, 0.29) is 65.7 Å². The Balaban J connectivity index is 0.769. The summed E-state index contributed by atoms with van der Waals surface area (Å²) in [7, 11) is 2.72. The van der Waals surface area contributed by atoms with Crippen LogP contribution in [0.4, 0.5) is 13.6 Å². The number of allylic oxidation sites excluding steroid dienone is 1. The second kappa shape index (κ2) is 21.1. The summed E-state index contributed by atoms with van der Waals surface area (Å²) in [6, 6.07) is -2.25. The molecule has 0 aromatic carbocycles. The molecule has 11 rings (SSSR count). The number of rotatable bonds is 15. The summed E-state index contributed by atoms with van der Waals surface area (Å²) in [5, 5.41) is 34.2. The number of carbonyl (C=O) groups excluding carboxylic acids is 2. The number of fused-ring (bicyclic) bond motifs is 5. The van der Waals surface area contributed by atoms with Crippen molar-refractivity contribution in [1.82, 2.24) is 41.1 Å². The second-order valence-electron chi connectivity index (χ2n) is 22.5. The van der Waals surface area contributed by atoms with E-state index in [1.54, 1.807) is 6.08 Å². The molecule has 71 heavy (non-hydrogen) atoms. The Bertz CT molecular complexity index is 2090. The van der Waals surface area contributed by atoms with Gasteiger partial charge in [-0.25, -0.2) is 24.0 Å². The number of alkyl carbamates (subject to hydrolysis) is 1. The van der Waals surface area contributed by atoms with Gasteiger partial charge in [0, 0.05) is 68.0 Å². The number of ether oxygens (including phenoxy) is 4. The molecule has 17 atom stereocenters. The smallest absolute Gasteiger partial charge is 0.407 e. The van der Waals surface area contributed by atoms with Crippen LogP contribution in [0.15, 0.2) is 39.5 Å². The van der Waals surface area contributed by atoms with Crippen molar-refractivity contribution in [3.63, 3.8) is 0 Å². The number of likely N-dealkylation sites (tertiary alicyclic amines) is 2. The SMILES string of the molecule is COC(=O)N[C@@H](C(C)C)[C@H](O)N1CCC[C@H]1C1=NCC([C@@H]2C=C(F)[C@H]3C(C2)OC(C2=CCC(C4CC4)S2)N2C4CC=C(C5CN([C@@H]6CCCN6C(=O)[C@@H](N[C@H](O)OC)C6CCOCC6)N5)C[C@H]4C(F)C32)N1. The summed E-state index contributed by atoms with van der Waals surface area (Å²) in [5.41, 5.74) is 4.85. The molecule has 0 bridgehead atoms. The van der Waals surface area contributed by atoms with E-state index < -0.39 is 61.3 Å². The fourth-order valence-corrected chi connectivity index (χ4v) is 15.7. The number of alkyl halides is 1. The van der Waals surface area contributed by atoms with Gasteiger partial charge in [-0.3, -0.25) is 24.9 Å². The minimum atomic E-state index is -1.25. The molecule has 394 valence electrons. The van der Waals surface area contributed by atoms with Crippen molar-refractivity contribution in [3.05, 3.63) is 34.5 Å². The topological polar surface area (TPSA) is 185 Å². The highest BCUT2D eigenvalue weighted by Gasteiger charge is 2.63. The van der Waals surface area contributed by atoms with Crippen LogP contribution in [0.2, 0.25) is 0 Å². The lowest BCUT2D eigenvalue weighted by molar-refractivity contribution is -0.181. The van der Waals surface area contributed by atoms with Gasteiger partial charge in [-0.1, -0.05) is 31.6 Å². The number of nitrogens with zero attached hydrogens (tertiary/aromatic N) is 5. The first kappa shape index (κ1) is 50.4. The zero-order valence-electron chi connectivity index (χ0n) is 41.8. The molecule has 20 heteroatoms. The molecule has 8 heterocycles. The predicted octanol–water partition coefficient (Wildman–Crippen LogP) is 3.71. The summed E-state index contributed by atoms with van der Waals surface area (Å²) in [4.78, 5) is 38.8. The van der Waals surface area contributed by atoms with Crippen molar-refractivity contribution in [3.8, 4) is 0 Å². The van der Waals surface area contributed by atoms with E-state index in [4.69, 9.17) is 23.9 Å². The van der Waals surface area contributed by atoms with Crippen molar-refractivity contribution >= 4 is 29.6 Å². The first-order valence-electron chi connectivity index (χ1n) is 26.9. The van der Waals surface area contributed by atoms with Gasteiger partial charge in [-0.15, -0.1) is 11.8 Å². The van der Waals surface area contributed by atoms with Crippen molar-refractivity contribution in [1.29, 1.82) is 0 Å². The van der Waals surface area contributed by atoms with Crippen molar-refractivity contribution in [2.75, 3.05) is 53.6 Å². The highest BCUT2D eigenvalue weighted by Crippen LogP contribution is 2.57. The third kappa shape index (κ3) is 9.76. The van der Waals surface area contributed by atoms with E-state index in [9.17, 15) is 19.8 Å². The lowest BCUT2D eigenvalue weighted by atomic mass is 9.75. The number of halogens is 2. The van der Waals surface area contributed by atoms with E-state index in [1.807, 2.05) is 35.4 Å². The first-order valence-corrected chi connectivity index (χ1v) is 27.8. The Morgan fingerprint density at radius 1 is 1.04 bits per heavy atom. The maximum atomic E-state index is 17.8. The average Bonchev–Trinajstić information content (AvgIpc) is 3.91. The van der Waals surface area contributed by atoms with Gasteiger partial charge in [-0.05, 0) is 101 Å². The highest BCUT2D eigenvalue weighted by molar-refractivity contribution is 8.04. The third-order valence-electron chi connectivity index (χ3n) is 18.1. The van der Waals surface area contributed by atoms with Crippen molar-refractivity contribution < 1.29 is 47.5 Å². The largest absolute Gasteiger partial charge is 0.453 e. The maximum absolute atomic E-state index is 17.8. The number of hydrazine groups is 1. The number of nitrogens with one attached hydrogen (secondary N) is 4. The number of hydrogen-bond acceptors (Lipinski definition) is 16. The van der Waals surface area contributed by atoms with Gasteiger partial charge >= 0.3 is 6.09 Å². The molecule has 8 aliphatic heterocycles. The molecule has 0 aromatic rings. The zero-order valence-corrected chi connectivity index (χ0v) is 42.6. The normalized spacial score (nSPS) is 39.6. The Hall–Kier alpha value is -2.76. The van der Waals surface area contributed by atoms with E-state index in [2.05, 4.69) is 43.4 Å². The third-order valence-corrected chi connectivity index (χ3v) is 19.7. The van der Waals surface area contributed by atoms with Gasteiger partial charge in [0.05, 0.1) is 68.1 Å². The number of aliphatic hydroxyl groups is 2. The number of aliphatic imine (C=N–C) groups is 1. The minimum Gasteiger partial charge on any atom is -0.453 e. The molecule has 17 nitrogen and oxygen atoms in total. The summed E-state index contributed by atoms with van der Waals surface area (Å²) >= 11 is 1.91. The summed E-state index contributed by atoms with van der Waals surface area (Å²) in [6.07, 6.45) is 11.3. The van der Waals surface area contributed by atoms with Gasteiger partial charge in [0.2, 0.25) is 12.3 Å². The van der Waals surface area contributed by atoms with Crippen LogP contribution in [0.3, 0.4) is 0 Å². The Kier molecular flexibility index (Phi) is 15.0. The quantitative estimate of drug-likeness (QED) is 0.103. The van der Waals surface area contributed by atoms with Crippen molar-refractivity contribution in [2.24, 2.45) is 40.5 Å². The monoisotopic (exact) mass is 1010 g/mol. The molecular weight excluding hydrogens is 937 g/mol. The molecule has 2 amide bonds. The minimum absolute atomic E-state index is 0.0213. The second-order valence-corrected chi connectivity index (χ2v) is 23.8. The summed E-state index contributed by atoms with van der Waals surface area (Å²) in [6.45, 7) is 7.50. The van der Waals surface area contributed by atoms with E-state index in [0.717, 1.165) is 55.7 Å². The number of amidine groups is 1. The Morgan fingerprint density at radius 3 is 2.58 bits per heavy atom. The molecule has 8 unspecified atom stereocenters. The van der Waals surface area contributed by atoms with Crippen LogP contribution < -0.4 is 21.4 Å². The molecule has 0 radical (unpaired) electrons. The van der Waals surface area contributed by atoms with Crippen LogP contribution in [0.5, 0.6) is 0 Å². The number of methoxy groups -OCH3 is 2. The molecule has 0 spiro atoms. The Labute approximate surface area is 421 Å². The predicted molar refractivity (Wildman–Crippen MR) is 262 cm³/mol.